The number of aromatic nitrogens is 3. The van der Waals surface area contributed by atoms with Gasteiger partial charge in [0.05, 0.1) is 11.7 Å². The summed E-state index contributed by atoms with van der Waals surface area (Å²) in [5.74, 6) is 1.76. The van der Waals surface area contributed by atoms with E-state index in [4.69, 9.17) is 14.2 Å². The van der Waals surface area contributed by atoms with Gasteiger partial charge in [-0.2, -0.15) is 5.10 Å². The van der Waals surface area contributed by atoms with Gasteiger partial charge in [-0.05, 0) is 42.3 Å². The third kappa shape index (κ3) is 3.90. The van der Waals surface area contributed by atoms with Crippen LogP contribution in [0.3, 0.4) is 0 Å². The standard InChI is InChI=1S/C20H20N4O4/c1-2-16(13-5-7-21-8-6-13)22-20(25)17-9-14(23-24-17)11-26-15-3-4-18-19(10-15)28-12-27-18/h3-10,16H,2,11-12H2,1H3,(H,22,25)(H,23,24)/t16-/m1/s1. The molecule has 1 amide bonds. The van der Waals surface area contributed by atoms with Crippen molar-refractivity contribution < 1.29 is 19.0 Å². The molecule has 144 valence electrons. The van der Waals surface area contributed by atoms with E-state index in [1.165, 1.54) is 0 Å². The van der Waals surface area contributed by atoms with Gasteiger partial charge in [0.1, 0.15) is 18.1 Å². The molecule has 1 atom stereocenters. The number of ether oxygens (including phenoxy) is 3. The van der Waals surface area contributed by atoms with Crippen molar-refractivity contribution in [2.45, 2.75) is 26.0 Å². The SMILES string of the molecule is CC[C@@H](NC(=O)c1cc(COc2ccc3c(c2)OCO3)[nH]n1)c1ccncc1. The van der Waals surface area contributed by atoms with Gasteiger partial charge in [0.15, 0.2) is 11.5 Å². The second kappa shape index (κ2) is 7.99. The monoisotopic (exact) mass is 380 g/mol. The van der Waals surface area contributed by atoms with E-state index in [0.717, 1.165) is 12.0 Å². The maximum atomic E-state index is 12.5. The highest BCUT2D eigenvalue weighted by Crippen LogP contribution is 2.35. The van der Waals surface area contributed by atoms with E-state index in [0.29, 0.717) is 28.6 Å². The Morgan fingerprint density at radius 3 is 2.86 bits per heavy atom. The number of benzene rings is 1. The molecule has 0 unspecified atom stereocenters. The van der Waals surface area contributed by atoms with Crippen molar-refractivity contribution in [2.75, 3.05) is 6.79 Å². The van der Waals surface area contributed by atoms with Crippen molar-refractivity contribution >= 4 is 5.91 Å². The third-order valence-electron chi connectivity index (χ3n) is 4.42. The number of hydrogen-bond acceptors (Lipinski definition) is 6. The van der Waals surface area contributed by atoms with E-state index in [9.17, 15) is 4.79 Å². The number of H-pyrrole nitrogens is 1. The van der Waals surface area contributed by atoms with E-state index in [1.807, 2.05) is 19.1 Å². The summed E-state index contributed by atoms with van der Waals surface area (Å²) in [6, 6.07) is 10.7. The molecule has 2 N–H and O–H groups in total. The highest BCUT2D eigenvalue weighted by atomic mass is 16.7. The van der Waals surface area contributed by atoms with Crippen LogP contribution < -0.4 is 19.5 Å². The molecular formula is C20H20N4O4. The minimum absolute atomic E-state index is 0.0967. The molecule has 0 bridgehead atoms. The summed E-state index contributed by atoms with van der Waals surface area (Å²) >= 11 is 0. The van der Waals surface area contributed by atoms with Crippen LogP contribution in [0.15, 0.2) is 48.8 Å². The van der Waals surface area contributed by atoms with Gasteiger partial charge in [-0.1, -0.05) is 6.92 Å². The predicted molar refractivity (Wildman–Crippen MR) is 100 cm³/mol. The maximum absolute atomic E-state index is 12.5. The van der Waals surface area contributed by atoms with Crippen LogP contribution in [0.5, 0.6) is 17.2 Å². The molecular weight excluding hydrogens is 360 g/mol. The number of hydrogen-bond donors (Lipinski definition) is 2. The first-order valence-electron chi connectivity index (χ1n) is 9.00. The van der Waals surface area contributed by atoms with Gasteiger partial charge in [-0.25, -0.2) is 0 Å². The zero-order valence-electron chi connectivity index (χ0n) is 15.3. The fourth-order valence-electron chi connectivity index (χ4n) is 2.93. The second-order valence-corrected chi connectivity index (χ2v) is 6.30. The fourth-order valence-corrected chi connectivity index (χ4v) is 2.93. The van der Waals surface area contributed by atoms with Gasteiger partial charge in [0, 0.05) is 18.5 Å². The first-order valence-corrected chi connectivity index (χ1v) is 9.00. The van der Waals surface area contributed by atoms with E-state index in [1.54, 1.807) is 36.7 Å². The van der Waals surface area contributed by atoms with Crippen LogP contribution in [0.2, 0.25) is 0 Å². The number of amides is 1. The summed E-state index contributed by atoms with van der Waals surface area (Å²) in [5.41, 5.74) is 2.02. The van der Waals surface area contributed by atoms with Crippen molar-refractivity contribution in [3.8, 4) is 17.2 Å². The Bertz CT molecular complexity index is 958. The molecule has 28 heavy (non-hydrogen) atoms. The van der Waals surface area contributed by atoms with Crippen LogP contribution in [-0.2, 0) is 6.61 Å². The zero-order valence-corrected chi connectivity index (χ0v) is 15.3. The Morgan fingerprint density at radius 2 is 2.04 bits per heavy atom. The molecule has 2 aromatic heterocycles. The van der Waals surface area contributed by atoms with E-state index in [-0.39, 0.29) is 25.3 Å². The van der Waals surface area contributed by atoms with E-state index >= 15 is 0 Å². The Hall–Kier alpha value is -3.55. The summed E-state index contributed by atoms with van der Waals surface area (Å²) < 4.78 is 16.3. The van der Waals surface area contributed by atoms with E-state index in [2.05, 4.69) is 20.5 Å². The third-order valence-corrected chi connectivity index (χ3v) is 4.42. The molecule has 0 saturated heterocycles. The lowest BCUT2D eigenvalue weighted by Crippen LogP contribution is -2.28. The van der Waals surface area contributed by atoms with Crippen molar-refractivity contribution in [1.29, 1.82) is 0 Å². The fraction of sp³-hybridized carbons (Fsp3) is 0.250. The number of rotatable bonds is 7. The summed E-state index contributed by atoms with van der Waals surface area (Å²) in [6.45, 7) is 2.48. The second-order valence-electron chi connectivity index (χ2n) is 6.30. The van der Waals surface area contributed by atoms with Gasteiger partial charge in [-0.15, -0.1) is 0 Å². The maximum Gasteiger partial charge on any atom is 0.272 e. The number of fused-ring (bicyclic) bond motifs is 1. The molecule has 0 spiro atoms. The molecule has 1 aliphatic heterocycles. The Balaban J connectivity index is 1.36. The summed E-state index contributed by atoms with van der Waals surface area (Å²) in [5, 5.41) is 9.93. The summed E-state index contributed by atoms with van der Waals surface area (Å²) in [4.78, 5) is 16.5. The van der Waals surface area contributed by atoms with Gasteiger partial charge >= 0.3 is 0 Å². The van der Waals surface area contributed by atoms with E-state index < -0.39 is 0 Å². The minimum atomic E-state index is -0.241. The lowest BCUT2D eigenvalue weighted by molar-refractivity contribution is 0.0930. The van der Waals surface area contributed by atoms with Crippen molar-refractivity contribution in [1.82, 2.24) is 20.5 Å². The molecule has 0 aliphatic carbocycles. The number of nitrogens with one attached hydrogen (secondary N) is 2. The number of carbonyl (C=O) groups excluding carboxylic acids is 1. The van der Waals surface area contributed by atoms with Crippen molar-refractivity contribution in [2.24, 2.45) is 0 Å². The molecule has 0 fully saturated rings. The Kier molecular flexibility index (Phi) is 5.09. The predicted octanol–water partition coefficient (Wildman–Crippen LogP) is 2.99. The molecule has 0 saturated carbocycles. The largest absolute Gasteiger partial charge is 0.487 e. The van der Waals surface area contributed by atoms with Crippen LogP contribution >= 0.6 is 0 Å². The number of pyridine rings is 1. The normalized spacial score (nSPS) is 13.2. The zero-order chi connectivity index (χ0) is 19.3. The molecule has 8 heteroatoms. The number of nitrogens with zero attached hydrogens (tertiary/aromatic N) is 2. The minimum Gasteiger partial charge on any atom is -0.487 e. The summed E-state index contributed by atoms with van der Waals surface area (Å²) in [6.07, 6.45) is 4.19. The molecule has 3 aromatic rings. The van der Waals surface area contributed by atoms with Crippen LogP contribution in [0.4, 0.5) is 0 Å². The molecule has 0 radical (unpaired) electrons. The molecule has 1 aromatic carbocycles. The number of carbonyl (C=O) groups is 1. The van der Waals surface area contributed by atoms with Crippen LogP contribution in [-0.4, -0.2) is 27.9 Å². The van der Waals surface area contributed by atoms with Crippen molar-refractivity contribution in [3.63, 3.8) is 0 Å². The van der Waals surface area contributed by atoms with Gasteiger partial charge in [0.2, 0.25) is 6.79 Å². The molecule has 8 nitrogen and oxygen atoms in total. The first kappa shape index (κ1) is 17.8. The molecule has 3 heterocycles. The van der Waals surface area contributed by atoms with Gasteiger partial charge < -0.3 is 19.5 Å². The lowest BCUT2D eigenvalue weighted by Gasteiger charge is -2.16. The number of aromatic amines is 1. The quantitative estimate of drug-likeness (QED) is 0.654. The average Bonchev–Trinajstić information content (AvgIpc) is 3.40. The summed E-state index contributed by atoms with van der Waals surface area (Å²) in [7, 11) is 0. The van der Waals surface area contributed by atoms with Crippen LogP contribution in [0.25, 0.3) is 0 Å². The Morgan fingerprint density at radius 1 is 1.21 bits per heavy atom. The van der Waals surface area contributed by atoms with Gasteiger partial charge in [0.25, 0.3) is 5.91 Å². The van der Waals surface area contributed by atoms with Crippen LogP contribution in [0, 0.1) is 0 Å². The van der Waals surface area contributed by atoms with Gasteiger partial charge in [-0.3, -0.25) is 14.9 Å². The smallest absolute Gasteiger partial charge is 0.272 e. The Labute approximate surface area is 161 Å². The van der Waals surface area contributed by atoms with Crippen LogP contribution in [0.1, 0.15) is 41.1 Å². The molecule has 1 aliphatic rings. The highest BCUT2D eigenvalue weighted by molar-refractivity contribution is 5.92. The average molecular weight is 380 g/mol. The van der Waals surface area contributed by atoms with Crippen molar-refractivity contribution in [3.05, 3.63) is 65.7 Å². The first-order chi connectivity index (χ1) is 13.7. The molecule has 4 rings (SSSR count). The highest BCUT2D eigenvalue weighted by Gasteiger charge is 2.17. The lowest BCUT2D eigenvalue weighted by atomic mass is 10.1. The topological polar surface area (TPSA) is 98.4 Å².